The zero-order chi connectivity index (χ0) is 13.9. The van der Waals surface area contributed by atoms with E-state index in [-0.39, 0.29) is 0 Å². The van der Waals surface area contributed by atoms with E-state index in [9.17, 15) is 0 Å². The predicted molar refractivity (Wildman–Crippen MR) is 80.9 cm³/mol. The van der Waals surface area contributed by atoms with Gasteiger partial charge >= 0.3 is 0 Å². The minimum Gasteiger partial charge on any atom is -0.496 e. The van der Waals surface area contributed by atoms with Gasteiger partial charge in [-0.25, -0.2) is 15.0 Å². The van der Waals surface area contributed by atoms with Crippen molar-refractivity contribution in [2.24, 2.45) is 0 Å². The SMILES string of the molecule is COc1cc(CSC)ccc1-c1nc2ncncc2[nH]1. The lowest BCUT2D eigenvalue weighted by Gasteiger charge is -2.08. The standard InChI is InChI=1S/C14H14N4OS/c1-19-12-5-9(7-20-2)3-4-10(12)13-17-11-6-15-8-16-14(11)18-13/h3-6,8H,7H2,1-2H3,(H,15,16,17,18). The number of benzene rings is 1. The summed E-state index contributed by atoms with van der Waals surface area (Å²) in [6, 6.07) is 6.16. The third kappa shape index (κ3) is 2.34. The highest BCUT2D eigenvalue weighted by Gasteiger charge is 2.11. The fourth-order valence-electron chi connectivity index (χ4n) is 2.08. The molecule has 3 aromatic rings. The number of thioether (sulfide) groups is 1. The van der Waals surface area contributed by atoms with E-state index in [1.807, 2.05) is 12.1 Å². The van der Waals surface area contributed by atoms with E-state index >= 15 is 0 Å². The number of H-pyrrole nitrogens is 1. The largest absolute Gasteiger partial charge is 0.496 e. The maximum Gasteiger partial charge on any atom is 0.181 e. The van der Waals surface area contributed by atoms with Crippen LogP contribution >= 0.6 is 11.8 Å². The van der Waals surface area contributed by atoms with Crippen LogP contribution in [-0.4, -0.2) is 33.3 Å². The number of fused-ring (bicyclic) bond motifs is 1. The second-order valence-electron chi connectivity index (χ2n) is 4.31. The van der Waals surface area contributed by atoms with Crippen LogP contribution in [0.2, 0.25) is 0 Å². The van der Waals surface area contributed by atoms with Crippen LogP contribution < -0.4 is 4.74 Å². The molecule has 20 heavy (non-hydrogen) atoms. The summed E-state index contributed by atoms with van der Waals surface area (Å²) >= 11 is 1.78. The van der Waals surface area contributed by atoms with Crippen molar-refractivity contribution in [3.63, 3.8) is 0 Å². The first-order valence-corrected chi connectivity index (χ1v) is 7.53. The van der Waals surface area contributed by atoms with Crippen LogP contribution in [0.3, 0.4) is 0 Å². The highest BCUT2D eigenvalue weighted by atomic mass is 32.2. The van der Waals surface area contributed by atoms with Crippen LogP contribution in [-0.2, 0) is 5.75 Å². The summed E-state index contributed by atoms with van der Waals surface area (Å²) in [4.78, 5) is 15.8. The fraction of sp³-hybridized carbons (Fsp3) is 0.214. The monoisotopic (exact) mass is 286 g/mol. The Morgan fingerprint density at radius 1 is 1.35 bits per heavy atom. The molecule has 3 rings (SSSR count). The quantitative estimate of drug-likeness (QED) is 0.799. The van der Waals surface area contributed by atoms with Crippen molar-refractivity contribution in [3.8, 4) is 17.1 Å². The zero-order valence-electron chi connectivity index (χ0n) is 11.3. The number of rotatable bonds is 4. The van der Waals surface area contributed by atoms with Crippen molar-refractivity contribution < 1.29 is 4.74 Å². The first-order valence-electron chi connectivity index (χ1n) is 6.13. The molecule has 0 unspecified atom stereocenters. The Morgan fingerprint density at radius 3 is 3.00 bits per heavy atom. The van der Waals surface area contributed by atoms with Crippen LogP contribution in [0.5, 0.6) is 5.75 Å². The Balaban J connectivity index is 2.08. The first-order chi connectivity index (χ1) is 9.81. The van der Waals surface area contributed by atoms with E-state index in [0.29, 0.717) is 5.65 Å². The Morgan fingerprint density at radius 2 is 2.25 bits per heavy atom. The predicted octanol–water partition coefficient (Wildman–Crippen LogP) is 2.89. The lowest BCUT2D eigenvalue weighted by atomic mass is 10.1. The molecule has 0 aliphatic heterocycles. The van der Waals surface area contributed by atoms with E-state index in [1.165, 1.54) is 11.9 Å². The van der Waals surface area contributed by atoms with E-state index in [1.54, 1.807) is 25.1 Å². The maximum absolute atomic E-state index is 5.48. The number of nitrogens with zero attached hydrogens (tertiary/aromatic N) is 3. The summed E-state index contributed by atoms with van der Waals surface area (Å²) in [6.07, 6.45) is 5.29. The normalized spacial score (nSPS) is 10.9. The molecule has 0 radical (unpaired) electrons. The molecule has 2 heterocycles. The second kappa shape index (κ2) is 5.50. The van der Waals surface area contributed by atoms with Crippen LogP contribution in [0.1, 0.15) is 5.56 Å². The average molecular weight is 286 g/mol. The summed E-state index contributed by atoms with van der Waals surface area (Å²) in [5.41, 5.74) is 3.63. The Labute approximate surface area is 120 Å². The molecule has 1 aromatic carbocycles. The van der Waals surface area contributed by atoms with Gasteiger partial charge in [-0.15, -0.1) is 0 Å². The highest BCUT2D eigenvalue weighted by molar-refractivity contribution is 7.97. The van der Waals surface area contributed by atoms with Gasteiger partial charge in [0, 0.05) is 5.75 Å². The van der Waals surface area contributed by atoms with Crippen LogP contribution in [0.4, 0.5) is 0 Å². The van der Waals surface area contributed by atoms with Gasteiger partial charge in [-0.1, -0.05) is 6.07 Å². The smallest absolute Gasteiger partial charge is 0.181 e. The molecule has 5 nitrogen and oxygen atoms in total. The number of nitrogens with one attached hydrogen (secondary N) is 1. The van der Waals surface area contributed by atoms with Gasteiger partial charge in [0.1, 0.15) is 23.4 Å². The second-order valence-corrected chi connectivity index (χ2v) is 5.18. The molecule has 0 spiro atoms. The van der Waals surface area contributed by atoms with Gasteiger partial charge < -0.3 is 9.72 Å². The van der Waals surface area contributed by atoms with Gasteiger partial charge in [-0.2, -0.15) is 11.8 Å². The van der Waals surface area contributed by atoms with Crippen molar-refractivity contribution in [1.29, 1.82) is 0 Å². The first kappa shape index (κ1) is 12.9. The van der Waals surface area contributed by atoms with Crippen molar-refractivity contribution in [3.05, 3.63) is 36.3 Å². The van der Waals surface area contributed by atoms with Gasteiger partial charge in [-0.05, 0) is 24.0 Å². The van der Waals surface area contributed by atoms with Crippen LogP contribution in [0, 0.1) is 0 Å². The van der Waals surface area contributed by atoms with Crippen molar-refractivity contribution >= 4 is 22.9 Å². The minimum absolute atomic E-state index is 0.658. The van der Waals surface area contributed by atoms with Gasteiger partial charge in [0.05, 0.1) is 18.9 Å². The number of hydrogen-bond acceptors (Lipinski definition) is 5. The molecule has 1 N–H and O–H groups in total. The van der Waals surface area contributed by atoms with E-state index in [4.69, 9.17) is 4.74 Å². The number of ether oxygens (including phenoxy) is 1. The lowest BCUT2D eigenvalue weighted by molar-refractivity contribution is 0.416. The van der Waals surface area contributed by atoms with Crippen LogP contribution in [0.15, 0.2) is 30.7 Å². The number of hydrogen-bond donors (Lipinski definition) is 1. The zero-order valence-corrected chi connectivity index (χ0v) is 12.1. The number of aromatic nitrogens is 4. The van der Waals surface area contributed by atoms with E-state index in [2.05, 4.69) is 32.3 Å². The van der Waals surface area contributed by atoms with Crippen molar-refractivity contribution in [2.45, 2.75) is 5.75 Å². The van der Waals surface area contributed by atoms with Gasteiger partial charge in [0.25, 0.3) is 0 Å². The molecule has 0 saturated carbocycles. The molecule has 0 bridgehead atoms. The van der Waals surface area contributed by atoms with Crippen molar-refractivity contribution in [2.75, 3.05) is 13.4 Å². The summed E-state index contributed by atoms with van der Waals surface area (Å²) in [6.45, 7) is 0. The number of aromatic amines is 1. The number of imidazole rings is 1. The van der Waals surface area contributed by atoms with E-state index < -0.39 is 0 Å². The van der Waals surface area contributed by atoms with Crippen molar-refractivity contribution in [1.82, 2.24) is 19.9 Å². The molecule has 0 aliphatic carbocycles. The summed E-state index contributed by atoms with van der Waals surface area (Å²) < 4.78 is 5.48. The third-order valence-electron chi connectivity index (χ3n) is 2.99. The number of methoxy groups -OCH3 is 1. The summed E-state index contributed by atoms with van der Waals surface area (Å²) in [5, 5.41) is 0. The van der Waals surface area contributed by atoms with Crippen LogP contribution in [0.25, 0.3) is 22.6 Å². The average Bonchev–Trinajstić information content (AvgIpc) is 2.91. The molecule has 2 aromatic heterocycles. The molecular formula is C14H14N4OS. The van der Waals surface area contributed by atoms with Gasteiger partial charge in [-0.3, -0.25) is 0 Å². The third-order valence-corrected chi connectivity index (χ3v) is 3.62. The van der Waals surface area contributed by atoms with E-state index in [0.717, 1.165) is 28.4 Å². The van der Waals surface area contributed by atoms with Gasteiger partial charge in [0.2, 0.25) is 0 Å². The Hall–Kier alpha value is -2.08. The maximum atomic E-state index is 5.48. The molecule has 6 heteroatoms. The summed E-state index contributed by atoms with van der Waals surface area (Å²) in [5.74, 6) is 2.51. The fourth-order valence-corrected chi connectivity index (χ4v) is 2.59. The Kier molecular flexibility index (Phi) is 3.56. The Bertz CT molecular complexity index is 708. The molecule has 102 valence electrons. The summed E-state index contributed by atoms with van der Waals surface area (Å²) in [7, 11) is 1.67. The molecule has 0 aliphatic rings. The van der Waals surface area contributed by atoms with Gasteiger partial charge in [0.15, 0.2) is 5.65 Å². The molecule has 0 fully saturated rings. The lowest BCUT2D eigenvalue weighted by Crippen LogP contribution is -1.91. The topological polar surface area (TPSA) is 63.7 Å². The molecular weight excluding hydrogens is 272 g/mol. The highest BCUT2D eigenvalue weighted by Crippen LogP contribution is 2.30. The molecule has 0 amide bonds. The minimum atomic E-state index is 0.658. The molecule has 0 saturated heterocycles. The molecule has 0 atom stereocenters.